The first-order valence-corrected chi connectivity index (χ1v) is 7.45. The summed E-state index contributed by atoms with van der Waals surface area (Å²) in [6, 6.07) is 6.46. The quantitative estimate of drug-likeness (QED) is 0.789. The maximum absolute atomic E-state index is 13.5. The number of carbonyl (C=O) groups excluding carboxylic acids is 1. The molecule has 1 amide bonds. The van der Waals surface area contributed by atoms with Crippen LogP contribution in [0.25, 0.3) is 0 Å². The SMILES string of the molecule is O=C(NC1CCc2cc(F)ccc21)c1cc(F)c(Cl)cc1Cl. The number of hydrogen-bond acceptors (Lipinski definition) is 1. The van der Waals surface area contributed by atoms with Crippen molar-refractivity contribution in [1.82, 2.24) is 5.32 Å². The summed E-state index contributed by atoms with van der Waals surface area (Å²) in [5, 5.41) is 2.75. The van der Waals surface area contributed by atoms with E-state index in [0.29, 0.717) is 12.8 Å². The number of hydrogen-bond donors (Lipinski definition) is 1. The molecule has 1 aliphatic rings. The zero-order chi connectivity index (χ0) is 15.9. The van der Waals surface area contributed by atoms with E-state index < -0.39 is 11.7 Å². The van der Waals surface area contributed by atoms with Gasteiger partial charge in [0, 0.05) is 0 Å². The molecule has 2 aromatic rings. The molecule has 0 saturated heterocycles. The van der Waals surface area contributed by atoms with Crippen LogP contribution in [-0.4, -0.2) is 5.91 Å². The zero-order valence-corrected chi connectivity index (χ0v) is 12.8. The van der Waals surface area contributed by atoms with Crippen molar-refractivity contribution in [2.45, 2.75) is 18.9 Å². The Kier molecular flexibility index (Phi) is 4.06. The molecule has 0 spiro atoms. The smallest absolute Gasteiger partial charge is 0.253 e. The van der Waals surface area contributed by atoms with Gasteiger partial charge in [-0.3, -0.25) is 4.79 Å². The number of carbonyl (C=O) groups is 1. The van der Waals surface area contributed by atoms with Crippen LogP contribution < -0.4 is 5.32 Å². The molecule has 3 rings (SSSR count). The number of nitrogens with one attached hydrogen (secondary N) is 1. The molecule has 0 heterocycles. The van der Waals surface area contributed by atoms with E-state index in [1.807, 2.05) is 0 Å². The molecule has 0 radical (unpaired) electrons. The number of fused-ring (bicyclic) bond motifs is 1. The Labute approximate surface area is 136 Å². The minimum Gasteiger partial charge on any atom is -0.345 e. The predicted octanol–water partition coefficient (Wildman–Crippen LogP) is 4.69. The van der Waals surface area contributed by atoms with E-state index in [9.17, 15) is 13.6 Å². The third kappa shape index (κ3) is 2.81. The molecule has 0 bridgehead atoms. The Morgan fingerprint density at radius 3 is 2.68 bits per heavy atom. The first kappa shape index (κ1) is 15.3. The van der Waals surface area contributed by atoms with Crippen molar-refractivity contribution in [1.29, 1.82) is 0 Å². The highest BCUT2D eigenvalue weighted by atomic mass is 35.5. The normalized spacial score (nSPS) is 16.5. The summed E-state index contributed by atoms with van der Waals surface area (Å²) in [5.74, 6) is -1.48. The van der Waals surface area contributed by atoms with Crippen molar-refractivity contribution in [3.8, 4) is 0 Å². The molecular weight excluding hydrogens is 331 g/mol. The Bertz CT molecular complexity index is 764. The fourth-order valence-electron chi connectivity index (χ4n) is 2.67. The van der Waals surface area contributed by atoms with Crippen LogP contribution in [0.3, 0.4) is 0 Å². The summed E-state index contributed by atoms with van der Waals surface area (Å²) in [5.41, 5.74) is 1.78. The second-order valence-electron chi connectivity index (χ2n) is 5.15. The minimum atomic E-state index is -0.704. The van der Waals surface area contributed by atoms with Crippen LogP contribution >= 0.6 is 23.2 Å². The lowest BCUT2D eigenvalue weighted by Crippen LogP contribution is -2.27. The van der Waals surface area contributed by atoms with Crippen LogP contribution in [-0.2, 0) is 6.42 Å². The predicted molar refractivity (Wildman–Crippen MR) is 81.3 cm³/mol. The second kappa shape index (κ2) is 5.86. The van der Waals surface area contributed by atoms with Gasteiger partial charge in [0.25, 0.3) is 5.91 Å². The van der Waals surface area contributed by atoms with Crippen LogP contribution in [0.1, 0.15) is 33.9 Å². The molecule has 0 aromatic heterocycles. The molecule has 1 unspecified atom stereocenters. The highest BCUT2D eigenvalue weighted by Crippen LogP contribution is 2.32. The zero-order valence-electron chi connectivity index (χ0n) is 11.3. The van der Waals surface area contributed by atoms with E-state index in [1.165, 1.54) is 18.2 Å². The molecule has 22 heavy (non-hydrogen) atoms. The first-order valence-electron chi connectivity index (χ1n) is 6.69. The third-order valence-corrected chi connectivity index (χ3v) is 4.35. The van der Waals surface area contributed by atoms with Gasteiger partial charge in [-0.25, -0.2) is 8.78 Å². The Hall–Kier alpha value is -1.65. The van der Waals surface area contributed by atoms with Gasteiger partial charge >= 0.3 is 0 Å². The lowest BCUT2D eigenvalue weighted by molar-refractivity contribution is 0.0936. The Morgan fingerprint density at radius 2 is 1.91 bits per heavy atom. The van der Waals surface area contributed by atoms with Gasteiger partial charge in [-0.1, -0.05) is 29.3 Å². The van der Waals surface area contributed by atoms with Crippen LogP contribution in [0.5, 0.6) is 0 Å². The van der Waals surface area contributed by atoms with Crippen LogP contribution in [0.4, 0.5) is 8.78 Å². The number of amides is 1. The van der Waals surface area contributed by atoms with E-state index in [2.05, 4.69) is 5.32 Å². The van der Waals surface area contributed by atoms with Gasteiger partial charge in [0.1, 0.15) is 11.6 Å². The van der Waals surface area contributed by atoms with Crippen molar-refractivity contribution in [3.05, 3.63) is 68.7 Å². The van der Waals surface area contributed by atoms with Crippen molar-refractivity contribution in [2.24, 2.45) is 0 Å². The van der Waals surface area contributed by atoms with Gasteiger partial charge < -0.3 is 5.32 Å². The molecule has 2 nitrogen and oxygen atoms in total. The number of halogens is 4. The van der Waals surface area contributed by atoms with Crippen LogP contribution in [0, 0.1) is 11.6 Å². The summed E-state index contributed by atoms with van der Waals surface area (Å²) in [4.78, 5) is 12.3. The van der Waals surface area contributed by atoms with Crippen molar-refractivity contribution < 1.29 is 13.6 Å². The van der Waals surface area contributed by atoms with Gasteiger partial charge in [-0.2, -0.15) is 0 Å². The lowest BCUT2D eigenvalue weighted by atomic mass is 10.1. The topological polar surface area (TPSA) is 29.1 Å². The Morgan fingerprint density at radius 1 is 1.14 bits per heavy atom. The van der Waals surface area contributed by atoms with Crippen molar-refractivity contribution >= 4 is 29.1 Å². The number of aryl methyl sites for hydroxylation is 1. The molecular formula is C16H11Cl2F2NO. The third-order valence-electron chi connectivity index (χ3n) is 3.74. The second-order valence-corrected chi connectivity index (χ2v) is 5.97. The van der Waals surface area contributed by atoms with E-state index in [4.69, 9.17) is 23.2 Å². The number of benzene rings is 2. The van der Waals surface area contributed by atoms with Crippen molar-refractivity contribution in [2.75, 3.05) is 0 Å². The van der Waals surface area contributed by atoms with Gasteiger partial charge in [0.15, 0.2) is 0 Å². The fourth-order valence-corrected chi connectivity index (χ4v) is 3.14. The Balaban J connectivity index is 1.84. The minimum absolute atomic E-state index is 0.0270. The summed E-state index contributed by atoms with van der Waals surface area (Å²) >= 11 is 11.6. The molecule has 1 aliphatic carbocycles. The standard InChI is InChI=1S/C16H11Cl2F2NO/c17-12-7-13(18)14(20)6-11(12)16(22)21-15-4-1-8-5-9(19)2-3-10(8)15/h2-3,5-7,15H,1,4H2,(H,21,22). The molecule has 114 valence electrons. The maximum atomic E-state index is 13.5. The van der Waals surface area contributed by atoms with Gasteiger partial charge in [0.05, 0.1) is 21.7 Å². The van der Waals surface area contributed by atoms with Crippen LogP contribution in [0.15, 0.2) is 30.3 Å². The highest BCUT2D eigenvalue weighted by Gasteiger charge is 2.25. The van der Waals surface area contributed by atoms with E-state index >= 15 is 0 Å². The number of rotatable bonds is 2. The van der Waals surface area contributed by atoms with Gasteiger partial charge in [-0.05, 0) is 48.2 Å². The average molecular weight is 342 g/mol. The summed E-state index contributed by atoms with van der Waals surface area (Å²) in [7, 11) is 0. The molecule has 2 aromatic carbocycles. The molecule has 0 saturated carbocycles. The maximum Gasteiger partial charge on any atom is 0.253 e. The highest BCUT2D eigenvalue weighted by molar-refractivity contribution is 6.36. The lowest BCUT2D eigenvalue weighted by Gasteiger charge is -2.15. The van der Waals surface area contributed by atoms with Crippen molar-refractivity contribution in [3.63, 3.8) is 0 Å². The summed E-state index contributed by atoms with van der Waals surface area (Å²) in [6.45, 7) is 0. The molecule has 1 atom stereocenters. The summed E-state index contributed by atoms with van der Waals surface area (Å²) < 4.78 is 26.7. The largest absolute Gasteiger partial charge is 0.345 e. The molecule has 1 N–H and O–H groups in total. The average Bonchev–Trinajstić information content (AvgIpc) is 2.85. The van der Waals surface area contributed by atoms with E-state index in [-0.39, 0.29) is 27.5 Å². The van der Waals surface area contributed by atoms with E-state index in [0.717, 1.165) is 17.2 Å². The summed E-state index contributed by atoms with van der Waals surface area (Å²) in [6.07, 6.45) is 1.35. The monoisotopic (exact) mass is 341 g/mol. The molecule has 0 aliphatic heterocycles. The van der Waals surface area contributed by atoms with Gasteiger partial charge in [-0.15, -0.1) is 0 Å². The molecule has 0 fully saturated rings. The molecule has 6 heteroatoms. The van der Waals surface area contributed by atoms with Crippen LogP contribution in [0.2, 0.25) is 10.0 Å². The van der Waals surface area contributed by atoms with E-state index in [1.54, 1.807) is 6.07 Å². The first-order chi connectivity index (χ1) is 10.5. The fraction of sp³-hybridized carbons (Fsp3) is 0.188. The van der Waals surface area contributed by atoms with Gasteiger partial charge in [0.2, 0.25) is 0 Å².